The molecule has 11 heteroatoms. The fourth-order valence-corrected chi connectivity index (χ4v) is 2.32. The Morgan fingerprint density at radius 1 is 0.593 bits per heavy atom. The summed E-state index contributed by atoms with van der Waals surface area (Å²) in [4.78, 5) is 34.7. The summed E-state index contributed by atoms with van der Waals surface area (Å²) in [6.45, 7) is 9.51. The van der Waals surface area contributed by atoms with Gasteiger partial charge in [-0.1, -0.05) is 0 Å². The van der Waals surface area contributed by atoms with Crippen LogP contribution < -0.4 is 19.4 Å². The van der Waals surface area contributed by atoms with Crippen LogP contribution in [0.5, 0.6) is 0 Å². The van der Waals surface area contributed by atoms with Crippen LogP contribution in [0.15, 0.2) is 0 Å². The van der Waals surface area contributed by atoms with E-state index in [1.807, 2.05) is 61.5 Å². The van der Waals surface area contributed by atoms with Gasteiger partial charge in [0.1, 0.15) is 11.6 Å². The van der Waals surface area contributed by atoms with Gasteiger partial charge in [-0.2, -0.15) is 29.9 Å². The van der Waals surface area contributed by atoms with Crippen molar-refractivity contribution in [2.24, 2.45) is 0 Å². The summed E-state index contributed by atoms with van der Waals surface area (Å²) in [6, 6.07) is 0. The molecule has 0 atom stereocenters. The Labute approximate surface area is 162 Å². The maximum Gasteiger partial charge on any atom is 0.361 e. The van der Waals surface area contributed by atoms with Crippen LogP contribution in [0.4, 0.5) is 23.8 Å². The Bertz CT molecular complexity index is 707. The Hall–Kier alpha value is -2.72. The largest absolute Gasteiger partial charge is 0.370 e. The normalized spacial score (nSPS) is 10.5. The number of anilines is 4. The smallest absolute Gasteiger partial charge is 0.361 e. The van der Waals surface area contributed by atoms with Crippen molar-refractivity contribution in [3.05, 3.63) is 11.6 Å². The summed E-state index contributed by atoms with van der Waals surface area (Å²) in [7, 11) is 8.33. The predicted octanol–water partition coefficient (Wildman–Crippen LogP) is 0.425. The highest BCUT2D eigenvalue weighted by Gasteiger charge is 2.17. The molecule has 0 bridgehead atoms. The second kappa shape index (κ2) is 8.78. The summed E-state index contributed by atoms with van der Waals surface area (Å²) in [6.07, 6.45) is 0. The minimum absolute atomic E-state index is 0.525. The van der Waals surface area contributed by atoms with Crippen LogP contribution in [0, 0.1) is 13.8 Å². The summed E-state index contributed by atoms with van der Waals surface area (Å²) in [5.41, 5.74) is 0. The zero-order chi connectivity index (χ0) is 20.1. The fraction of sp³-hybridized carbons (Fsp3) is 0.625. The minimum Gasteiger partial charge on any atom is -0.370 e. The molecule has 0 aliphatic heterocycles. The molecular weight excluding hydrogens is 343 g/mol. The van der Waals surface area contributed by atoms with Crippen molar-refractivity contribution in [2.45, 2.75) is 27.7 Å². The Kier molecular flexibility index (Phi) is 6.70. The van der Waals surface area contributed by atoms with Gasteiger partial charge in [0.05, 0.1) is 0 Å². The fourth-order valence-electron chi connectivity index (χ4n) is 2.32. The topological polar surface area (TPSA) is 90.3 Å². The van der Waals surface area contributed by atoms with E-state index < -0.39 is 0 Å². The van der Waals surface area contributed by atoms with E-state index in [-0.39, 0.29) is 0 Å². The molecule has 0 radical (unpaired) electrons. The summed E-state index contributed by atoms with van der Waals surface area (Å²) >= 11 is 0. The average molecular weight is 372 g/mol. The monoisotopic (exact) mass is 372 g/mol. The third kappa shape index (κ3) is 5.14. The van der Waals surface area contributed by atoms with E-state index in [1.54, 1.807) is 0 Å². The molecule has 0 aliphatic carbocycles. The van der Waals surface area contributed by atoms with Gasteiger partial charge < -0.3 is 19.4 Å². The molecule has 0 amide bonds. The lowest BCUT2D eigenvalue weighted by molar-refractivity contribution is 0.852. The molecule has 0 spiro atoms. The molecule has 0 aromatic carbocycles. The van der Waals surface area contributed by atoms with Crippen molar-refractivity contribution in [3.63, 3.8) is 0 Å². The van der Waals surface area contributed by atoms with Gasteiger partial charge in [-0.05, 0) is 41.8 Å². The highest BCUT2D eigenvalue weighted by molar-refractivity contribution is 6.45. The van der Waals surface area contributed by atoms with Crippen LogP contribution in [0.3, 0.4) is 0 Å². The number of hydrogen-bond donors (Lipinski definition) is 0. The van der Waals surface area contributed by atoms with E-state index in [0.717, 1.165) is 13.1 Å². The number of aryl methyl sites for hydroxylation is 2. The zero-order valence-corrected chi connectivity index (χ0v) is 17.6. The molecule has 2 rings (SSSR count). The number of rotatable bonds is 8. The quantitative estimate of drug-likeness (QED) is 0.608. The van der Waals surface area contributed by atoms with E-state index in [2.05, 4.69) is 43.8 Å². The van der Waals surface area contributed by atoms with Crippen LogP contribution in [-0.2, 0) is 0 Å². The van der Waals surface area contributed by atoms with Crippen molar-refractivity contribution in [1.82, 2.24) is 29.9 Å². The maximum atomic E-state index is 4.57. The first-order valence-corrected chi connectivity index (χ1v) is 9.05. The van der Waals surface area contributed by atoms with Gasteiger partial charge in [0.15, 0.2) is 0 Å². The van der Waals surface area contributed by atoms with Gasteiger partial charge >= 0.3 is 7.55 Å². The minimum atomic E-state index is 0.525. The predicted molar refractivity (Wildman–Crippen MR) is 111 cm³/mol. The standard InChI is InChI=1S/C16H29BN10/c1-9-24(5)13-18-11(3)20-15(22-13)26(7)17-27(8)16-21-12(4)19-14(23-16)25(6)10-2/h17H,9-10H2,1-8H3. The van der Waals surface area contributed by atoms with E-state index in [0.29, 0.717) is 43.0 Å². The highest BCUT2D eigenvalue weighted by atomic mass is 15.4. The number of hydrogen-bond acceptors (Lipinski definition) is 10. The molecule has 0 fully saturated rings. The second-order valence-electron chi connectivity index (χ2n) is 6.53. The molecule has 10 nitrogen and oxygen atoms in total. The lowest BCUT2D eigenvalue weighted by Gasteiger charge is -2.25. The van der Waals surface area contributed by atoms with Gasteiger partial charge in [0, 0.05) is 27.2 Å². The zero-order valence-electron chi connectivity index (χ0n) is 17.6. The van der Waals surface area contributed by atoms with Crippen molar-refractivity contribution in [2.75, 3.05) is 60.7 Å². The molecule has 2 aromatic rings. The van der Waals surface area contributed by atoms with Crippen LogP contribution in [0.2, 0.25) is 0 Å². The van der Waals surface area contributed by atoms with Gasteiger partial charge in [0.2, 0.25) is 23.8 Å². The molecule has 27 heavy (non-hydrogen) atoms. The Morgan fingerprint density at radius 2 is 0.926 bits per heavy atom. The van der Waals surface area contributed by atoms with Gasteiger partial charge in [-0.3, -0.25) is 0 Å². The molecule has 0 aliphatic rings. The molecule has 0 saturated carbocycles. The van der Waals surface area contributed by atoms with Crippen molar-refractivity contribution >= 4 is 31.3 Å². The third-order valence-corrected chi connectivity index (χ3v) is 4.19. The van der Waals surface area contributed by atoms with Crippen molar-refractivity contribution in [3.8, 4) is 0 Å². The number of aromatic nitrogens is 6. The average Bonchev–Trinajstić information content (AvgIpc) is 2.65. The first kappa shape index (κ1) is 20.6. The second-order valence-corrected chi connectivity index (χ2v) is 6.53. The molecule has 146 valence electrons. The van der Waals surface area contributed by atoms with E-state index >= 15 is 0 Å². The van der Waals surface area contributed by atoms with Crippen LogP contribution >= 0.6 is 0 Å². The van der Waals surface area contributed by atoms with Crippen molar-refractivity contribution < 1.29 is 0 Å². The third-order valence-electron chi connectivity index (χ3n) is 4.19. The molecule has 2 aromatic heterocycles. The van der Waals surface area contributed by atoms with E-state index in [4.69, 9.17) is 0 Å². The van der Waals surface area contributed by atoms with Gasteiger partial charge in [-0.25, -0.2) is 0 Å². The molecule has 2 heterocycles. The van der Waals surface area contributed by atoms with E-state index in [1.165, 1.54) is 0 Å². The molecule has 0 saturated heterocycles. The maximum absolute atomic E-state index is 4.57. The highest BCUT2D eigenvalue weighted by Crippen LogP contribution is 2.14. The first-order chi connectivity index (χ1) is 12.7. The molecular formula is C16H29BN10. The van der Waals surface area contributed by atoms with Crippen LogP contribution in [0.25, 0.3) is 0 Å². The summed E-state index contributed by atoms with van der Waals surface area (Å²) < 4.78 is 0. The van der Waals surface area contributed by atoms with Gasteiger partial charge in [-0.15, -0.1) is 0 Å². The Balaban J connectivity index is 2.22. The van der Waals surface area contributed by atoms with Gasteiger partial charge in [0.25, 0.3) is 0 Å². The summed E-state index contributed by atoms with van der Waals surface area (Å²) in [5.74, 6) is 3.93. The molecule has 0 unspecified atom stereocenters. The SMILES string of the molecule is CCN(C)c1nc(C)nc(N(C)BN(C)c2nc(C)nc(N(C)CC)n2)n1. The summed E-state index contributed by atoms with van der Waals surface area (Å²) in [5, 5.41) is 0. The van der Waals surface area contributed by atoms with E-state index in [9.17, 15) is 0 Å². The lowest BCUT2D eigenvalue weighted by Crippen LogP contribution is -2.39. The number of nitrogens with zero attached hydrogens (tertiary/aromatic N) is 10. The van der Waals surface area contributed by atoms with Crippen LogP contribution in [0.1, 0.15) is 25.5 Å². The van der Waals surface area contributed by atoms with Crippen molar-refractivity contribution in [1.29, 1.82) is 0 Å². The first-order valence-electron chi connectivity index (χ1n) is 9.05. The molecule has 0 N–H and O–H groups in total. The lowest BCUT2D eigenvalue weighted by atomic mass is 10.1. The van der Waals surface area contributed by atoms with Crippen LogP contribution in [-0.4, -0.2) is 78.7 Å². The Morgan fingerprint density at radius 3 is 1.26 bits per heavy atom.